The van der Waals surface area contributed by atoms with Gasteiger partial charge in [-0.05, 0) is 24.6 Å². The van der Waals surface area contributed by atoms with Crippen molar-refractivity contribution in [1.29, 1.82) is 0 Å². The molecule has 0 atom stereocenters. The molecule has 0 unspecified atom stereocenters. The summed E-state index contributed by atoms with van der Waals surface area (Å²) in [7, 11) is 0. The van der Waals surface area contributed by atoms with Crippen LogP contribution in [0.3, 0.4) is 0 Å². The summed E-state index contributed by atoms with van der Waals surface area (Å²) < 4.78 is 19.4. The standard InChI is InChI=1S/C18H16ClFO/c1-14-5-7-15(8-6-14)13-21-17-10-9-16(18(20)12-17)4-2-3-11-19/h5-10,12H,3,11,13H2,1H3. The van der Waals surface area contributed by atoms with Crippen LogP contribution < -0.4 is 4.74 Å². The monoisotopic (exact) mass is 302 g/mol. The van der Waals surface area contributed by atoms with Crippen LogP contribution in [0.4, 0.5) is 4.39 Å². The highest BCUT2D eigenvalue weighted by Crippen LogP contribution is 2.17. The van der Waals surface area contributed by atoms with Crippen molar-refractivity contribution >= 4 is 11.6 Å². The Morgan fingerprint density at radius 3 is 2.57 bits per heavy atom. The fourth-order valence-electron chi connectivity index (χ4n) is 1.74. The van der Waals surface area contributed by atoms with Gasteiger partial charge in [-0.2, -0.15) is 0 Å². The summed E-state index contributed by atoms with van der Waals surface area (Å²) in [5, 5.41) is 0. The van der Waals surface area contributed by atoms with Crippen molar-refractivity contribution in [2.24, 2.45) is 0 Å². The van der Waals surface area contributed by atoms with Gasteiger partial charge in [-0.15, -0.1) is 11.6 Å². The van der Waals surface area contributed by atoms with Gasteiger partial charge in [0.05, 0.1) is 5.56 Å². The lowest BCUT2D eigenvalue weighted by molar-refractivity contribution is 0.304. The number of alkyl halides is 1. The Balaban J connectivity index is 2.00. The molecule has 0 saturated heterocycles. The maximum atomic E-state index is 13.8. The minimum absolute atomic E-state index is 0.364. The molecule has 0 N–H and O–H groups in total. The molecule has 0 amide bonds. The predicted octanol–water partition coefficient (Wildman–Crippen LogP) is 4.69. The Morgan fingerprint density at radius 1 is 1.14 bits per heavy atom. The highest BCUT2D eigenvalue weighted by molar-refractivity contribution is 6.18. The summed E-state index contributed by atoms with van der Waals surface area (Å²) in [6.07, 6.45) is 0.548. The van der Waals surface area contributed by atoms with E-state index in [1.807, 2.05) is 31.2 Å². The zero-order valence-corrected chi connectivity index (χ0v) is 12.6. The molecule has 0 fully saturated rings. The molecule has 2 aromatic rings. The van der Waals surface area contributed by atoms with Gasteiger partial charge in [0.2, 0.25) is 0 Å². The normalized spacial score (nSPS) is 9.86. The van der Waals surface area contributed by atoms with Crippen LogP contribution >= 0.6 is 11.6 Å². The maximum Gasteiger partial charge on any atom is 0.142 e. The lowest BCUT2D eigenvalue weighted by atomic mass is 10.1. The molecule has 21 heavy (non-hydrogen) atoms. The summed E-state index contributed by atoms with van der Waals surface area (Å²) in [6.45, 7) is 2.45. The zero-order chi connectivity index (χ0) is 15.1. The second kappa shape index (κ2) is 7.71. The lowest BCUT2D eigenvalue weighted by Crippen LogP contribution is -1.96. The Kier molecular flexibility index (Phi) is 5.66. The Morgan fingerprint density at radius 2 is 1.90 bits per heavy atom. The number of hydrogen-bond acceptors (Lipinski definition) is 1. The maximum absolute atomic E-state index is 13.8. The van der Waals surface area contributed by atoms with Gasteiger partial charge in [-0.3, -0.25) is 0 Å². The van der Waals surface area contributed by atoms with E-state index in [0.717, 1.165) is 5.56 Å². The van der Waals surface area contributed by atoms with Crippen molar-refractivity contribution in [1.82, 2.24) is 0 Å². The molecule has 0 radical (unpaired) electrons. The summed E-state index contributed by atoms with van der Waals surface area (Å²) in [5.74, 6) is 6.14. The van der Waals surface area contributed by atoms with E-state index in [4.69, 9.17) is 16.3 Å². The zero-order valence-electron chi connectivity index (χ0n) is 11.8. The molecule has 0 aromatic heterocycles. The number of ether oxygens (including phenoxy) is 1. The second-order valence-corrected chi connectivity index (χ2v) is 5.03. The van der Waals surface area contributed by atoms with E-state index in [1.165, 1.54) is 11.6 Å². The van der Waals surface area contributed by atoms with Gasteiger partial charge >= 0.3 is 0 Å². The molecule has 3 heteroatoms. The first-order valence-electron chi connectivity index (χ1n) is 6.72. The van der Waals surface area contributed by atoms with Gasteiger partial charge < -0.3 is 4.74 Å². The molecule has 0 saturated carbocycles. The Hall–Kier alpha value is -1.98. The first-order valence-corrected chi connectivity index (χ1v) is 7.25. The predicted molar refractivity (Wildman–Crippen MR) is 84.1 cm³/mol. The molecule has 2 aromatic carbocycles. The van der Waals surface area contributed by atoms with Crippen molar-refractivity contribution in [2.45, 2.75) is 20.0 Å². The molecule has 2 rings (SSSR count). The van der Waals surface area contributed by atoms with E-state index in [2.05, 4.69) is 11.8 Å². The third-order valence-corrected chi connectivity index (χ3v) is 3.10. The molecule has 0 aliphatic rings. The minimum Gasteiger partial charge on any atom is -0.489 e. The summed E-state index contributed by atoms with van der Waals surface area (Å²) in [6, 6.07) is 12.8. The average molecular weight is 303 g/mol. The van der Waals surface area contributed by atoms with E-state index in [1.54, 1.807) is 12.1 Å². The third-order valence-electron chi connectivity index (χ3n) is 2.91. The fraction of sp³-hybridized carbons (Fsp3) is 0.222. The van der Waals surface area contributed by atoms with Gasteiger partial charge in [0.15, 0.2) is 0 Å². The van der Waals surface area contributed by atoms with Gasteiger partial charge in [-0.1, -0.05) is 41.7 Å². The van der Waals surface area contributed by atoms with E-state index >= 15 is 0 Å². The number of hydrogen-bond donors (Lipinski definition) is 0. The van der Waals surface area contributed by atoms with Gasteiger partial charge in [-0.25, -0.2) is 4.39 Å². The molecular weight excluding hydrogens is 287 g/mol. The number of aryl methyl sites for hydroxylation is 1. The van der Waals surface area contributed by atoms with Gasteiger partial charge in [0, 0.05) is 18.4 Å². The SMILES string of the molecule is Cc1ccc(COc2ccc(C#CCCCl)c(F)c2)cc1. The van der Waals surface area contributed by atoms with Crippen LogP contribution in [-0.4, -0.2) is 5.88 Å². The van der Waals surface area contributed by atoms with E-state index in [-0.39, 0.29) is 5.82 Å². The highest BCUT2D eigenvalue weighted by Gasteiger charge is 2.02. The molecule has 0 spiro atoms. The van der Waals surface area contributed by atoms with Crippen LogP contribution in [0.1, 0.15) is 23.1 Å². The topological polar surface area (TPSA) is 9.23 Å². The van der Waals surface area contributed by atoms with Crippen molar-refractivity contribution in [3.63, 3.8) is 0 Å². The number of rotatable bonds is 4. The van der Waals surface area contributed by atoms with E-state index in [9.17, 15) is 4.39 Å². The summed E-state index contributed by atoms with van der Waals surface area (Å²) in [4.78, 5) is 0. The fourth-order valence-corrected chi connectivity index (χ4v) is 1.84. The van der Waals surface area contributed by atoms with Crippen LogP contribution in [0.15, 0.2) is 42.5 Å². The first-order chi connectivity index (χ1) is 10.2. The van der Waals surface area contributed by atoms with Crippen LogP contribution in [0.5, 0.6) is 5.75 Å². The lowest BCUT2D eigenvalue weighted by Gasteiger charge is -2.07. The smallest absolute Gasteiger partial charge is 0.142 e. The average Bonchev–Trinajstić information content (AvgIpc) is 2.49. The molecule has 0 heterocycles. The van der Waals surface area contributed by atoms with Gasteiger partial charge in [0.1, 0.15) is 18.2 Å². The van der Waals surface area contributed by atoms with Crippen molar-refractivity contribution in [3.8, 4) is 17.6 Å². The first kappa shape index (κ1) is 15.4. The molecule has 0 aliphatic heterocycles. The Bertz CT molecular complexity index is 653. The second-order valence-electron chi connectivity index (χ2n) is 4.66. The van der Waals surface area contributed by atoms with Crippen LogP contribution in [0, 0.1) is 24.6 Å². The molecule has 0 bridgehead atoms. The quantitative estimate of drug-likeness (QED) is 0.588. The largest absolute Gasteiger partial charge is 0.489 e. The third kappa shape index (κ3) is 4.81. The highest BCUT2D eigenvalue weighted by atomic mass is 35.5. The van der Waals surface area contributed by atoms with Crippen molar-refractivity contribution in [2.75, 3.05) is 5.88 Å². The molecular formula is C18H16ClFO. The summed E-state index contributed by atoms with van der Waals surface area (Å²) >= 11 is 5.53. The van der Waals surface area contributed by atoms with Crippen LogP contribution in [0.2, 0.25) is 0 Å². The number of benzene rings is 2. The molecule has 108 valence electrons. The minimum atomic E-state index is -0.376. The molecule has 0 aliphatic carbocycles. The molecule has 1 nitrogen and oxygen atoms in total. The van der Waals surface area contributed by atoms with Crippen molar-refractivity contribution < 1.29 is 9.13 Å². The van der Waals surface area contributed by atoms with Gasteiger partial charge in [0.25, 0.3) is 0 Å². The van der Waals surface area contributed by atoms with Crippen molar-refractivity contribution in [3.05, 3.63) is 65.0 Å². The van der Waals surface area contributed by atoms with E-state index in [0.29, 0.717) is 30.2 Å². The van der Waals surface area contributed by atoms with E-state index < -0.39 is 0 Å². The Labute approximate surface area is 129 Å². The number of halogens is 2. The summed E-state index contributed by atoms with van der Waals surface area (Å²) in [5.41, 5.74) is 2.61. The van der Waals surface area contributed by atoms with Crippen LogP contribution in [-0.2, 0) is 6.61 Å². The van der Waals surface area contributed by atoms with Crippen LogP contribution in [0.25, 0.3) is 0 Å².